The first-order chi connectivity index (χ1) is 10.7. The molecule has 1 atom stereocenters. The molecule has 1 heterocycles. The van der Waals surface area contributed by atoms with E-state index < -0.39 is 0 Å². The highest BCUT2D eigenvalue weighted by Crippen LogP contribution is 2.32. The summed E-state index contributed by atoms with van der Waals surface area (Å²) in [5, 5.41) is 3.21. The number of nitrogens with one attached hydrogen (secondary N) is 1. The number of amides is 1. The minimum atomic E-state index is -0.262. The lowest BCUT2D eigenvalue weighted by Gasteiger charge is -2.31. The van der Waals surface area contributed by atoms with E-state index in [0.29, 0.717) is 0 Å². The molecule has 1 amide bonds. The number of carbonyl (C=O) groups is 1. The number of rotatable bonds is 4. The second-order valence-electron chi connectivity index (χ2n) is 6.08. The van der Waals surface area contributed by atoms with Crippen molar-refractivity contribution in [3.05, 3.63) is 71.8 Å². The summed E-state index contributed by atoms with van der Waals surface area (Å²) >= 11 is 0. The van der Waals surface area contributed by atoms with Crippen LogP contribution in [0.3, 0.4) is 0 Å². The van der Waals surface area contributed by atoms with Gasteiger partial charge in [-0.2, -0.15) is 0 Å². The summed E-state index contributed by atoms with van der Waals surface area (Å²) in [7, 11) is 0. The van der Waals surface area contributed by atoms with Crippen LogP contribution >= 0.6 is 0 Å². The normalized spacial score (nSPS) is 21.7. The van der Waals surface area contributed by atoms with Crippen LogP contribution in [-0.2, 0) is 16.9 Å². The van der Waals surface area contributed by atoms with Crippen LogP contribution in [0.2, 0.25) is 0 Å². The van der Waals surface area contributed by atoms with Crippen molar-refractivity contribution < 1.29 is 4.79 Å². The molecule has 1 saturated heterocycles. The van der Waals surface area contributed by atoms with Gasteiger partial charge in [0.25, 0.3) is 0 Å². The van der Waals surface area contributed by atoms with Crippen molar-refractivity contribution >= 4 is 5.91 Å². The van der Waals surface area contributed by atoms with Gasteiger partial charge >= 0.3 is 0 Å². The zero-order chi connectivity index (χ0) is 15.4. The van der Waals surface area contributed by atoms with Crippen LogP contribution in [0.4, 0.5) is 0 Å². The molecule has 1 fully saturated rings. The van der Waals surface area contributed by atoms with Gasteiger partial charge in [-0.15, -0.1) is 0 Å². The fourth-order valence-corrected chi connectivity index (χ4v) is 3.37. The summed E-state index contributed by atoms with van der Waals surface area (Å²) < 4.78 is 0. The fourth-order valence-electron chi connectivity index (χ4n) is 3.37. The summed E-state index contributed by atoms with van der Waals surface area (Å²) in [5.74, 6) is 0.0328. The van der Waals surface area contributed by atoms with E-state index in [2.05, 4.69) is 46.6 Å². The van der Waals surface area contributed by atoms with Gasteiger partial charge in [-0.1, -0.05) is 60.7 Å². The van der Waals surface area contributed by atoms with Gasteiger partial charge in [0, 0.05) is 26.6 Å². The number of benzene rings is 2. The third kappa shape index (κ3) is 3.20. The van der Waals surface area contributed by atoms with Crippen molar-refractivity contribution in [3.63, 3.8) is 0 Å². The molecule has 1 aliphatic heterocycles. The average Bonchev–Trinajstić information content (AvgIpc) is 2.92. The first-order valence-electron chi connectivity index (χ1n) is 7.78. The largest absolute Gasteiger partial charge is 0.345 e. The maximum absolute atomic E-state index is 11.7. The summed E-state index contributed by atoms with van der Waals surface area (Å²) in [6, 6.07) is 20.8. The molecule has 0 unspecified atom stereocenters. The molecule has 0 aromatic heterocycles. The van der Waals surface area contributed by atoms with Gasteiger partial charge in [0.05, 0.1) is 5.54 Å². The minimum Gasteiger partial charge on any atom is -0.345 e. The predicted octanol–water partition coefficient (Wildman–Crippen LogP) is 2.92. The van der Waals surface area contributed by atoms with Crippen molar-refractivity contribution in [2.75, 3.05) is 13.1 Å². The van der Waals surface area contributed by atoms with E-state index in [9.17, 15) is 4.79 Å². The Balaban J connectivity index is 1.79. The van der Waals surface area contributed by atoms with Gasteiger partial charge < -0.3 is 5.32 Å². The van der Waals surface area contributed by atoms with Crippen LogP contribution in [0.5, 0.6) is 0 Å². The summed E-state index contributed by atoms with van der Waals surface area (Å²) in [6.07, 6.45) is 0.948. The van der Waals surface area contributed by atoms with Crippen molar-refractivity contribution in [2.45, 2.75) is 25.4 Å². The molecule has 2 aromatic carbocycles. The molecular weight excluding hydrogens is 272 g/mol. The van der Waals surface area contributed by atoms with Crippen molar-refractivity contribution in [1.82, 2.24) is 10.2 Å². The minimum absolute atomic E-state index is 0.0328. The Morgan fingerprint density at radius 1 is 1.09 bits per heavy atom. The van der Waals surface area contributed by atoms with Gasteiger partial charge in [-0.3, -0.25) is 9.69 Å². The van der Waals surface area contributed by atoms with Crippen LogP contribution in [0.1, 0.15) is 24.5 Å². The Morgan fingerprint density at radius 2 is 1.73 bits per heavy atom. The molecule has 1 aliphatic rings. The SMILES string of the molecule is CC(=O)N[C@]1(c2ccccc2)CCN(Cc2ccccc2)C1. The van der Waals surface area contributed by atoms with Crippen molar-refractivity contribution in [1.29, 1.82) is 0 Å². The highest BCUT2D eigenvalue weighted by atomic mass is 16.1. The second kappa shape index (κ2) is 6.32. The van der Waals surface area contributed by atoms with Gasteiger partial charge in [0.15, 0.2) is 0 Å². The summed E-state index contributed by atoms with van der Waals surface area (Å²) in [5.41, 5.74) is 2.25. The molecular formula is C19H22N2O. The van der Waals surface area contributed by atoms with E-state index in [0.717, 1.165) is 26.1 Å². The molecule has 3 nitrogen and oxygen atoms in total. The standard InChI is InChI=1S/C19H22N2O/c1-16(22)20-19(18-10-6-3-7-11-18)12-13-21(15-19)14-17-8-4-2-5-9-17/h2-11H,12-15H2,1H3,(H,20,22)/t19-/m1/s1. The molecule has 22 heavy (non-hydrogen) atoms. The lowest BCUT2D eigenvalue weighted by Crippen LogP contribution is -2.47. The Bertz CT molecular complexity index is 626. The maximum Gasteiger partial charge on any atom is 0.217 e. The monoisotopic (exact) mass is 294 g/mol. The van der Waals surface area contributed by atoms with Crippen molar-refractivity contribution in [3.8, 4) is 0 Å². The lowest BCUT2D eigenvalue weighted by molar-refractivity contribution is -0.120. The van der Waals surface area contributed by atoms with Crippen LogP contribution in [0.15, 0.2) is 60.7 Å². The zero-order valence-corrected chi connectivity index (χ0v) is 13.0. The number of hydrogen-bond donors (Lipinski definition) is 1. The molecule has 0 bridgehead atoms. The highest BCUT2D eigenvalue weighted by Gasteiger charge is 2.40. The molecule has 3 heteroatoms. The Labute approximate surface area is 132 Å². The van der Waals surface area contributed by atoms with Crippen LogP contribution < -0.4 is 5.32 Å². The summed E-state index contributed by atoms with van der Waals surface area (Å²) in [6.45, 7) is 4.37. The topological polar surface area (TPSA) is 32.3 Å². The highest BCUT2D eigenvalue weighted by molar-refractivity contribution is 5.74. The van der Waals surface area contributed by atoms with E-state index in [-0.39, 0.29) is 11.4 Å². The third-order valence-electron chi connectivity index (χ3n) is 4.34. The lowest BCUT2D eigenvalue weighted by atomic mass is 9.89. The zero-order valence-electron chi connectivity index (χ0n) is 13.0. The Kier molecular flexibility index (Phi) is 4.25. The number of carbonyl (C=O) groups excluding carboxylic acids is 1. The molecule has 0 radical (unpaired) electrons. The van der Waals surface area contributed by atoms with Gasteiger partial charge in [-0.25, -0.2) is 0 Å². The number of nitrogens with zero attached hydrogens (tertiary/aromatic N) is 1. The summed E-state index contributed by atoms with van der Waals surface area (Å²) in [4.78, 5) is 14.1. The van der Waals surface area contributed by atoms with Crippen molar-refractivity contribution in [2.24, 2.45) is 0 Å². The second-order valence-corrected chi connectivity index (χ2v) is 6.08. The molecule has 2 aromatic rings. The van der Waals surface area contributed by atoms with E-state index in [4.69, 9.17) is 0 Å². The molecule has 0 aliphatic carbocycles. The fraction of sp³-hybridized carbons (Fsp3) is 0.316. The number of likely N-dealkylation sites (tertiary alicyclic amines) is 1. The van der Waals surface area contributed by atoms with Crippen LogP contribution in [0, 0.1) is 0 Å². The van der Waals surface area contributed by atoms with Crippen LogP contribution in [-0.4, -0.2) is 23.9 Å². The van der Waals surface area contributed by atoms with Gasteiger partial charge in [0.2, 0.25) is 5.91 Å². The van der Waals surface area contributed by atoms with E-state index in [1.807, 2.05) is 24.3 Å². The van der Waals surface area contributed by atoms with Gasteiger partial charge in [-0.05, 0) is 17.5 Å². The van der Waals surface area contributed by atoms with Gasteiger partial charge in [0.1, 0.15) is 0 Å². The quantitative estimate of drug-likeness (QED) is 0.940. The molecule has 114 valence electrons. The van der Waals surface area contributed by atoms with E-state index in [1.54, 1.807) is 6.92 Å². The van der Waals surface area contributed by atoms with E-state index in [1.165, 1.54) is 11.1 Å². The first-order valence-corrected chi connectivity index (χ1v) is 7.78. The Hall–Kier alpha value is -2.13. The molecule has 1 N–H and O–H groups in total. The molecule has 0 saturated carbocycles. The number of hydrogen-bond acceptors (Lipinski definition) is 2. The van der Waals surface area contributed by atoms with Crippen LogP contribution in [0.25, 0.3) is 0 Å². The average molecular weight is 294 g/mol. The van der Waals surface area contributed by atoms with E-state index >= 15 is 0 Å². The third-order valence-corrected chi connectivity index (χ3v) is 4.34. The Morgan fingerprint density at radius 3 is 2.36 bits per heavy atom. The first kappa shape index (κ1) is 14.8. The molecule has 0 spiro atoms. The smallest absolute Gasteiger partial charge is 0.217 e. The predicted molar refractivity (Wildman–Crippen MR) is 88.3 cm³/mol. The maximum atomic E-state index is 11.7. The molecule has 3 rings (SSSR count).